The number of carbonyl (C=O) groups is 1. The van der Waals surface area contributed by atoms with E-state index in [4.69, 9.17) is 0 Å². The minimum atomic E-state index is 0.00509. The smallest absolute Gasteiger partial charge is 0.237 e. The Morgan fingerprint density at radius 2 is 2.05 bits per heavy atom. The number of amides is 1. The molecule has 0 aliphatic carbocycles. The van der Waals surface area contributed by atoms with Crippen molar-refractivity contribution < 1.29 is 4.79 Å². The maximum atomic E-state index is 12.4. The average Bonchev–Trinajstić information content (AvgIpc) is 3.12. The van der Waals surface area contributed by atoms with Crippen molar-refractivity contribution in [3.8, 4) is 0 Å². The van der Waals surface area contributed by atoms with Crippen molar-refractivity contribution in [2.45, 2.75) is 83.5 Å². The fraction of sp³-hybridized carbons (Fsp3) is 0.938. The summed E-state index contributed by atoms with van der Waals surface area (Å²) in [5.74, 6) is 0.212. The molecular formula is C16H31N3O. The predicted molar refractivity (Wildman–Crippen MR) is 82.7 cm³/mol. The van der Waals surface area contributed by atoms with Gasteiger partial charge in [0, 0.05) is 18.1 Å². The fourth-order valence-electron chi connectivity index (χ4n) is 3.73. The first-order valence-corrected chi connectivity index (χ1v) is 8.46. The lowest BCUT2D eigenvalue weighted by atomic mass is 10.0. The second-order valence-electron chi connectivity index (χ2n) is 6.35. The van der Waals surface area contributed by atoms with Crippen LogP contribution in [0, 0.1) is 0 Å². The molecule has 3 unspecified atom stereocenters. The minimum Gasteiger partial charge on any atom is -0.352 e. The Bertz CT molecular complexity index is 311. The number of nitrogens with one attached hydrogen (secondary N) is 2. The van der Waals surface area contributed by atoms with E-state index >= 15 is 0 Å². The van der Waals surface area contributed by atoms with E-state index in [1.54, 1.807) is 0 Å². The Morgan fingerprint density at radius 1 is 1.30 bits per heavy atom. The van der Waals surface area contributed by atoms with Gasteiger partial charge >= 0.3 is 0 Å². The largest absolute Gasteiger partial charge is 0.352 e. The van der Waals surface area contributed by atoms with Crippen LogP contribution in [0.5, 0.6) is 0 Å². The molecule has 2 heterocycles. The topological polar surface area (TPSA) is 44.4 Å². The molecule has 3 atom stereocenters. The molecule has 2 saturated heterocycles. The molecule has 0 aromatic carbocycles. The Hall–Kier alpha value is -0.610. The second kappa shape index (κ2) is 7.41. The van der Waals surface area contributed by atoms with Gasteiger partial charge in [0.25, 0.3) is 0 Å². The molecule has 0 aromatic rings. The molecule has 1 amide bonds. The summed E-state index contributed by atoms with van der Waals surface area (Å²) in [6.45, 7) is 8.56. The number of rotatable bonds is 6. The predicted octanol–water partition coefficient (Wildman–Crippen LogP) is 1.90. The first kappa shape index (κ1) is 15.8. The Kier molecular flexibility index (Phi) is 5.85. The summed E-state index contributed by atoms with van der Waals surface area (Å²) in [4.78, 5) is 14.9. The number of hydrogen-bond donors (Lipinski definition) is 2. The molecule has 2 aliphatic heterocycles. The molecular weight excluding hydrogens is 250 g/mol. The van der Waals surface area contributed by atoms with Gasteiger partial charge in [-0.25, -0.2) is 0 Å². The molecule has 0 saturated carbocycles. The molecule has 2 rings (SSSR count). The normalized spacial score (nSPS) is 29.0. The highest BCUT2D eigenvalue weighted by Crippen LogP contribution is 2.26. The van der Waals surface area contributed by atoms with E-state index < -0.39 is 0 Å². The lowest BCUT2D eigenvalue weighted by Gasteiger charge is -2.34. The summed E-state index contributed by atoms with van der Waals surface area (Å²) in [6.07, 6.45) is 7.04. The fourth-order valence-corrected chi connectivity index (χ4v) is 3.73. The quantitative estimate of drug-likeness (QED) is 0.781. The van der Waals surface area contributed by atoms with E-state index in [-0.39, 0.29) is 11.9 Å². The van der Waals surface area contributed by atoms with E-state index in [0.717, 1.165) is 25.9 Å². The molecule has 2 fully saturated rings. The van der Waals surface area contributed by atoms with Crippen LogP contribution in [0.25, 0.3) is 0 Å². The van der Waals surface area contributed by atoms with Gasteiger partial charge in [0.15, 0.2) is 0 Å². The molecule has 0 radical (unpaired) electrons. The maximum Gasteiger partial charge on any atom is 0.237 e. The standard InChI is InChI=1S/C16H31N3O/c1-4-13(5-2)18-16(20)12(3)19-11-7-9-15(19)14-8-6-10-17-14/h12-15,17H,4-11H2,1-3H3,(H,18,20). The van der Waals surface area contributed by atoms with Crippen LogP contribution in [-0.4, -0.2) is 48.1 Å². The molecule has 0 spiro atoms. The highest BCUT2D eigenvalue weighted by molar-refractivity contribution is 5.81. The van der Waals surface area contributed by atoms with Gasteiger partial charge in [-0.3, -0.25) is 9.69 Å². The number of carbonyl (C=O) groups excluding carboxylic acids is 1. The van der Waals surface area contributed by atoms with Crippen LogP contribution in [-0.2, 0) is 4.79 Å². The van der Waals surface area contributed by atoms with Crippen molar-refractivity contribution in [3.63, 3.8) is 0 Å². The summed E-state index contributed by atoms with van der Waals surface area (Å²) >= 11 is 0. The van der Waals surface area contributed by atoms with Crippen LogP contribution in [0.4, 0.5) is 0 Å². The first-order valence-electron chi connectivity index (χ1n) is 8.46. The summed E-state index contributed by atoms with van der Waals surface area (Å²) < 4.78 is 0. The zero-order valence-corrected chi connectivity index (χ0v) is 13.3. The van der Waals surface area contributed by atoms with E-state index in [0.29, 0.717) is 18.1 Å². The van der Waals surface area contributed by atoms with Gasteiger partial charge in [-0.1, -0.05) is 13.8 Å². The van der Waals surface area contributed by atoms with Gasteiger partial charge in [-0.15, -0.1) is 0 Å². The average molecular weight is 281 g/mol. The molecule has 20 heavy (non-hydrogen) atoms. The summed E-state index contributed by atoms with van der Waals surface area (Å²) in [5, 5.41) is 6.82. The van der Waals surface area contributed by atoms with Crippen molar-refractivity contribution in [2.24, 2.45) is 0 Å². The van der Waals surface area contributed by atoms with Crippen molar-refractivity contribution in [3.05, 3.63) is 0 Å². The first-order chi connectivity index (χ1) is 9.67. The van der Waals surface area contributed by atoms with Crippen LogP contribution in [0.1, 0.15) is 59.3 Å². The lowest BCUT2D eigenvalue weighted by Crippen LogP contribution is -2.53. The van der Waals surface area contributed by atoms with Gasteiger partial charge < -0.3 is 10.6 Å². The third-order valence-electron chi connectivity index (χ3n) is 5.11. The van der Waals surface area contributed by atoms with Crippen LogP contribution < -0.4 is 10.6 Å². The molecule has 0 aromatic heterocycles. The third kappa shape index (κ3) is 3.53. The Morgan fingerprint density at radius 3 is 2.65 bits per heavy atom. The molecule has 4 nitrogen and oxygen atoms in total. The summed E-state index contributed by atoms with van der Waals surface area (Å²) in [6, 6.07) is 1.49. The van der Waals surface area contributed by atoms with E-state index in [2.05, 4.69) is 36.3 Å². The molecule has 2 N–H and O–H groups in total. The minimum absolute atomic E-state index is 0.00509. The third-order valence-corrected chi connectivity index (χ3v) is 5.11. The van der Waals surface area contributed by atoms with Crippen molar-refractivity contribution >= 4 is 5.91 Å². The number of nitrogens with zero attached hydrogens (tertiary/aromatic N) is 1. The van der Waals surface area contributed by atoms with Crippen molar-refractivity contribution in [1.82, 2.24) is 15.5 Å². The van der Waals surface area contributed by atoms with Crippen molar-refractivity contribution in [1.29, 1.82) is 0 Å². The number of hydrogen-bond acceptors (Lipinski definition) is 3. The maximum absolute atomic E-state index is 12.4. The Labute approximate surface area is 123 Å². The van der Waals surface area contributed by atoms with Gasteiger partial charge in [0.2, 0.25) is 5.91 Å². The van der Waals surface area contributed by atoms with Gasteiger partial charge in [-0.2, -0.15) is 0 Å². The molecule has 4 heteroatoms. The van der Waals surface area contributed by atoms with Gasteiger partial charge in [0.05, 0.1) is 6.04 Å². The van der Waals surface area contributed by atoms with E-state index in [1.807, 2.05) is 0 Å². The molecule has 116 valence electrons. The second-order valence-corrected chi connectivity index (χ2v) is 6.35. The van der Waals surface area contributed by atoms with Crippen molar-refractivity contribution in [2.75, 3.05) is 13.1 Å². The van der Waals surface area contributed by atoms with Crippen LogP contribution >= 0.6 is 0 Å². The monoisotopic (exact) mass is 281 g/mol. The zero-order chi connectivity index (χ0) is 14.5. The van der Waals surface area contributed by atoms with Gasteiger partial charge in [-0.05, 0) is 58.5 Å². The van der Waals surface area contributed by atoms with Gasteiger partial charge in [0.1, 0.15) is 0 Å². The summed E-state index contributed by atoms with van der Waals surface area (Å²) in [5.41, 5.74) is 0. The number of likely N-dealkylation sites (tertiary alicyclic amines) is 1. The molecule has 2 aliphatic rings. The van der Waals surface area contributed by atoms with Crippen LogP contribution in [0.2, 0.25) is 0 Å². The van der Waals surface area contributed by atoms with Crippen LogP contribution in [0.3, 0.4) is 0 Å². The lowest BCUT2D eigenvalue weighted by molar-refractivity contribution is -0.127. The molecule has 0 bridgehead atoms. The van der Waals surface area contributed by atoms with E-state index in [9.17, 15) is 4.79 Å². The Balaban J connectivity index is 1.92. The zero-order valence-electron chi connectivity index (χ0n) is 13.3. The van der Waals surface area contributed by atoms with Crippen LogP contribution in [0.15, 0.2) is 0 Å². The summed E-state index contributed by atoms with van der Waals surface area (Å²) in [7, 11) is 0. The highest BCUT2D eigenvalue weighted by atomic mass is 16.2. The SMILES string of the molecule is CCC(CC)NC(=O)C(C)N1CCCC1C1CCCN1. The van der Waals surface area contributed by atoms with E-state index in [1.165, 1.54) is 25.7 Å². The highest BCUT2D eigenvalue weighted by Gasteiger charge is 2.37.